The molecule has 7 nitrogen and oxygen atoms in total. The molecule has 1 aromatic rings. The van der Waals surface area contributed by atoms with Gasteiger partial charge < -0.3 is 11.1 Å². The molecule has 78 valence electrons. The minimum Gasteiger partial charge on any atom is -0.349 e. The van der Waals surface area contributed by atoms with E-state index in [2.05, 4.69) is 25.9 Å². The molecule has 7 heteroatoms. The van der Waals surface area contributed by atoms with Crippen LogP contribution in [-0.4, -0.2) is 33.1 Å². The van der Waals surface area contributed by atoms with Crippen LogP contribution in [0.1, 0.15) is 25.1 Å². The van der Waals surface area contributed by atoms with Gasteiger partial charge >= 0.3 is 0 Å². The number of hydrogen-bond donors (Lipinski definition) is 3. The first kappa shape index (κ1) is 10.6. The number of nitrogens with two attached hydrogens (primary N) is 1. The molecule has 0 aliphatic carbocycles. The van der Waals surface area contributed by atoms with Crippen LogP contribution >= 0.6 is 0 Å². The Labute approximate surface area is 81.4 Å². The average molecular weight is 198 g/mol. The molecule has 4 N–H and O–H groups in total. The van der Waals surface area contributed by atoms with Gasteiger partial charge in [0.05, 0.1) is 6.54 Å². The summed E-state index contributed by atoms with van der Waals surface area (Å²) >= 11 is 0. The van der Waals surface area contributed by atoms with Gasteiger partial charge in [-0.3, -0.25) is 4.79 Å². The number of hydrogen-bond acceptors (Lipinski definition) is 5. The summed E-state index contributed by atoms with van der Waals surface area (Å²) in [5.41, 5.74) is 5.30. The van der Waals surface area contributed by atoms with Crippen molar-refractivity contribution in [3.8, 4) is 0 Å². The monoisotopic (exact) mass is 198 g/mol. The van der Waals surface area contributed by atoms with E-state index < -0.39 is 0 Å². The second kappa shape index (κ2) is 6.03. The minimum absolute atomic E-state index is 0.0109. The van der Waals surface area contributed by atoms with Crippen LogP contribution in [0.15, 0.2) is 0 Å². The van der Waals surface area contributed by atoms with Gasteiger partial charge in [-0.05, 0) is 19.4 Å². The second-order valence-corrected chi connectivity index (χ2v) is 2.85. The first-order valence-corrected chi connectivity index (χ1v) is 4.52. The number of H-pyrrole nitrogens is 1. The van der Waals surface area contributed by atoms with E-state index in [1.807, 2.05) is 0 Å². The number of amides is 1. The Morgan fingerprint density at radius 3 is 3.00 bits per heavy atom. The lowest BCUT2D eigenvalue weighted by atomic mass is 10.2. The molecule has 0 atom stereocenters. The lowest BCUT2D eigenvalue weighted by Gasteiger charge is -2.00. The molecule has 0 unspecified atom stereocenters. The van der Waals surface area contributed by atoms with Crippen molar-refractivity contribution in [2.75, 3.05) is 6.54 Å². The molecule has 0 aliphatic heterocycles. The number of aromatic nitrogens is 4. The van der Waals surface area contributed by atoms with E-state index in [9.17, 15) is 4.79 Å². The molecule has 0 bridgehead atoms. The molecule has 0 spiro atoms. The van der Waals surface area contributed by atoms with E-state index in [4.69, 9.17) is 5.73 Å². The lowest BCUT2D eigenvalue weighted by molar-refractivity contribution is -0.121. The van der Waals surface area contributed by atoms with Crippen LogP contribution in [0, 0.1) is 0 Å². The Morgan fingerprint density at radius 2 is 2.36 bits per heavy atom. The normalized spacial score (nSPS) is 10.1. The maximum absolute atomic E-state index is 11.2. The van der Waals surface area contributed by atoms with Gasteiger partial charge in [0.1, 0.15) is 0 Å². The molecule has 0 aromatic carbocycles. The van der Waals surface area contributed by atoms with E-state index in [1.165, 1.54) is 0 Å². The van der Waals surface area contributed by atoms with Crippen LogP contribution in [0.2, 0.25) is 0 Å². The molecule has 1 amide bonds. The van der Waals surface area contributed by atoms with Crippen LogP contribution < -0.4 is 11.1 Å². The molecular formula is C7H14N6O. The average Bonchev–Trinajstić information content (AvgIpc) is 2.68. The predicted molar refractivity (Wildman–Crippen MR) is 48.9 cm³/mol. The van der Waals surface area contributed by atoms with Gasteiger partial charge in [-0.25, -0.2) is 0 Å². The van der Waals surface area contributed by atoms with Crippen LogP contribution in [0.5, 0.6) is 0 Å². The predicted octanol–water partition coefficient (Wildman–Crippen LogP) is -1.06. The lowest BCUT2D eigenvalue weighted by Crippen LogP contribution is -2.23. The Kier molecular flexibility index (Phi) is 4.56. The zero-order valence-electron chi connectivity index (χ0n) is 7.86. The number of nitrogens with zero attached hydrogens (tertiary/aromatic N) is 3. The van der Waals surface area contributed by atoms with Crippen molar-refractivity contribution in [3.63, 3.8) is 0 Å². The molecule has 1 aromatic heterocycles. The summed E-state index contributed by atoms with van der Waals surface area (Å²) in [4.78, 5) is 11.2. The first-order chi connectivity index (χ1) is 6.83. The first-order valence-electron chi connectivity index (χ1n) is 4.52. The third kappa shape index (κ3) is 3.94. The SMILES string of the molecule is NCCCCC(=O)NCc1nn[nH]n1. The van der Waals surface area contributed by atoms with Gasteiger partial charge in [0.25, 0.3) is 0 Å². The largest absolute Gasteiger partial charge is 0.349 e. The molecule has 1 heterocycles. The highest BCUT2D eigenvalue weighted by atomic mass is 16.1. The highest BCUT2D eigenvalue weighted by molar-refractivity contribution is 5.75. The summed E-state index contributed by atoms with van der Waals surface area (Å²) in [6.07, 6.45) is 2.18. The number of aromatic amines is 1. The molecule has 0 saturated heterocycles. The standard InChI is InChI=1S/C7H14N6O/c8-4-2-1-3-7(14)9-5-6-10-12-13-11-6/h1-5,8H2,(H,9,14)(H,10,11,12,13). The van der Waals surface area contributed by atoms with Crippen molar-refractivity contribution in [2.45, 2.75) is 25.8 Å². The van der Waals surface area contributed by atoms with Crippen molar-refractivity contribution in [1.29, 1.82) is 0 Å². The van der Waals surface area contributed by atoms with Crippen molar-refractivity contribution in [3.05, 3.63) is 5.82 Å². The van der Waals surface area contributed by atoms with E-state index >= 15 is 0 Å². The third-order valence-electron chi connectivity index (χ3n) is 1.69. The molecule has 1 rings (SSSR count). The maximum atomic E-state index is 11.2. The summed E-state index contributed by atoms with van der Waals surface area (Å²) in [6, 6.07) is 0. The summed E-state index contributed by atoms with van der Waals surface area (Å²) in [6.45, 7) is 0.941. The van der Waals surface area contributed by atoms with Crippen molar-refractivity contribution in [1.82, 2.24) is 25.9 Å². The molecule has 14 heavy (non-hydrogen) atoms. The molecular weight excluding hydrogens is 184 g/mol. The topological polar surface area (TPSA) is 110 Å². The van der Waals surface area contributed by atoms with Crippen LogP contribution in [0.25, 0.3) is 0 Å². The van der Waals surface area contributed by atoms with E-state index in [0.29, 0.717) is 25.3 Å². The second-order valence-electron chi connectivity index (χ2n) is 2.85. The van der Waals surface area contributed by atoms with Gasteiger partial charge in [-0.1, -0.05) is 5.21 Å². The summed E-state index contributed by atoms with van der Waals surface area (Å²) in [7, 11) is 0. The van der Waals surface area contributed by atoms with Crippen LogP contribution in [-0.2, 0) is 11.3 Å². The highest BCUT2D eigenvalue weighted by Crippen LogP contribution is 1.93. The number of nitrogens with one attached hydrogen (secondary N) is 2. The number of rotatable bonds is 6. The van der Waals surface area contributed by atoms with Gasteiger partial charge in [-0.2, -0.15) is 5.21 Å². The van der Waals surface area contributed by atoms with Gasteiger partial charge in [-0.15, -0.1) is 10.2 Å². The smallest absolute Gasteiger partial charge is 0.220 e. The molecule has 0 fully saturated rings. The zero-order chi connectivity index (χ0) is 10.2. The van der Waals surface area contributed by atoms with Crippen molar-refractivity contribution in [2.24, 2.45) is 5.73 Å². The fourth-order valence-corrected chi connectivity index (χ4v) is 0.953. The molecule has 0 saturated carbocycles. The Hall–Kier alpha value is -1.50. The zero-order valence-corrected chi connectivity index (χ0v) is 7.86. The Morgan fingerprint density at radius 1 is 1.50 bits per heavy atom. The Bertz CT molecular complexity index is 259. The van der Waals surface area contributed by atoms with Crippen molar-refractivity contribution >= 4 is 5.91 Å². The third-order valence-corrected chi connectivity index (χ3v) is 1.69. The minimum atomic E-state index is -0.0109. The fourth-order valence-electron chi connectivity index (χ4n) is 0.953. The van der Waals surface area contributed by atoms with Gasteiger partial charge in [0.15, 0.2) is 5.82 Å². The quantitative estimate of drug-likeness (QED) is 0.505. The highest BCUT2D eigenvalue weighted by Gasteiger charge is 2.02. The number of unbranched alkanes of at least 4 members (excludes halogenated alkanes) is 1. The summed E-state index contributed by atoms with van der Waals surface area (Å²) in [5, 5.41) is 15.8. The fraction of sp³-hybridized carbons (Fsp3) is 0.714. The molecule has 0 radical (unpaired) electrons. The summed E-state index contributed by atoms with van der Waals surface area (Å²) < 4.78 is 0. The van der Waals surface area contributed by atoms with Crippen molar-refractivity contribution < 1.29 is 4.79 Å². The van der Waals surface area contributed by atoms with E-state index in [-0.39, 0.29) is 5.91 Å². The van der Waals surface area contributed by atoms with E-state index in [1.54, 1.807) is 0 Å². The maximum Gasteiger partial charge on any atom is 0.220 e. The van der Waals surface area contributed by atoms with E-state index in [0.717, 1.165) is 12.8 Å². The molecule has 0 aliphatic rings. The van der Waals surface area contributed by atoms with Crippen LogP contribution in [0.4, 0.5) is 0 Å². The van der Waals surface area contributed by atoms with Gasteiger partial charge in [0, 0.05) is 6.42 Å². The number of tetrazole rings is 1. The van der Waals surface area contributed by atoms with Gasteiger partial charge in [0.2, 0.25) is 5.91 Å². The number of carbonyl (C=O) groups excluding carboxylic acids is 1. The number of carbonyl (C=O) groups is 1. The van der Waals surface area contributed by atoms with Crippen LogP contribution in [0.3, 0.4) is 0 Å². The Balaban J connectivity index is 2.09. The summed E-state index contributed by atoms with van der Waals surface area (Å²) in [5.74, 6) is 0.473.